The predicted octanol–water partition coefficient (Wildman–Crippen LogP) is -0.535. The lowest BCUT2D eigenvalue weighted by Crippen LogP contribution is -2.36. The molecule has 2 rings (SSSR count). The maximum Gasteiger partial charge on any atom is 0.326 e. The predicted molar refractivity (Wildman–Crippen MR) is 67.0 cm³/mol. The van der Waals surface area contributed by atoms with Gasteiger partial charge < -0.3 is 20.4 Å². The first-order valence-electron chi connectivity index (χ1n) is 5.88. The summed E-state index contributed by atoms with van der Waals surface area (Å²) in [5.41, 5.74) is 0.781. The molecule has 1 amide bonds. The second-order valence-electron chi connectivity index (χ2n) is 4.37. The molecule has 1 aliphatic rings. The summed E-state index contributed by atoms with van der Waals surface area (Å²) in [6, 6.07) is 2.36. The topological polar surface area (TPSA) is 103 Å². The molecule has 0 aliphatic carbocycles. The maximum absolute atomic E-state index is 11.5. The number of nitrogens with zero attached hydrogens (tertiary/aromatic N) is 2. The van der Waals surface area contributed by atoms with Gasteiger partial charge in [-0.2, -0.15) is 0 Å². The number of aromatic nitrogens is 1. The molecule has 2 unspecified atom stereocenters. The SMILES string of the molecule is CNC(=O)c1cc(N2CC(O)CC2C(=O)O)ccn1. The Morgan fingerprint density at radius 3 is 2.89 bits per heavy atom. The van der Waals surface area contributed by atoms with Crippen LogP contribution in [0, 0.1) is 0 Å². The number of aliphatic carboxylic acids is 1. The summed E-state index contributed by atoms with van der Waals surface area (Å²) < 4.78 is 0. The maximum atomic E-state index is 11.5. The zero-order valence-corrected chi connectivity index (χ0v) is 10.4. The van der Waals surface area contributed by atoms with Gasteiger partial charge in [0, 0.05) is 31.9 Å². The van der Waals surface area contributed by atoms with Crippen molar-refractivity contribution in [1.29, 1.82) is 0 Å². The van der Waals surface area contributed by atoms with Crippen LogP contribution in [0.3, 0.4) is 0 Å². The smallest absolute Gasteiger partial charge is 0.326 e. The Balaban J connectivity index is 2.30. The number of hydrogen-bond acceptors (Lipinski definition) is 5. The fourth-order valence-corrected chi connectivity index (χ4v) is 2.18. The second kappa shape index (κ2) is 5.23. The van der Waals surface area contributed by atoms with Crippen LogP contribution in [0.15, 0.2) is 18.3 Å². The van der Waals surface area contributed by atoms with E-state index in [1.165, 1.54) is 19.3 Å². The molecule has 7 nitrogen and oxygen atoms in total. The number of carbonyl (C=O) groups excluding carboxylic acids is 1. The largest absolute Gasteiger partial charge is 0.480 e. The molecule has 1 fully saturated rings. The normalized spacial score (nSPS) is 22.3. The molecule has 2 heterocycles. The highest BCUT2D eigenvalue weighted by molar-refractivity contribution is 5.93. The van der Waals surface area contributed by atoms with Crippen molar-refractivity contribution < 1.29 is 19.8 Å². The molecule has 7 heteroatoms. The minimum atomic E-state index is -0.991. The zero-order chi connectivity index (χ0) is 14.0. The Kier molecular flexibility index (Phi) is 3.66. The van der Waals surface area contributed by atoms with Crippen molar-refractivity contribution >= 4 is 17.6 Å². The van der Waals surface area contributed by atoms with Crippen LogP contribution in [0.1, 0.15) is 16.9 Å². The minimum absolute atomic E-state index is 0.174. The fourth-order valence-electron chi connectivity index (χ4n) is 2.18. The molecule has 0 radical (unpaired) electrons. The van der Waals surface area contributed by atoms with Gasteiger partial charge in [0.25, 0.3) is 5.91 Å². The van der Waals surface area contributed by atoms with Gasteiger partial charge >= 0.3 is 5.97 Å². The van der Waals surface area contributed by atoms with Crippen LogP contribution in [0.25, 0.3) is 0 Å². The molecular formula is C12H15N3O4. The Morgan fingerprint density at radius 1 is 1.53 bits per heavy atom. The quantitative estimate of drug-likeness (QED) is 0.678. The lowest BCUT2D eigenvalue weighted by Gasteiger charge is -2.23. The summed E-state index contributed by atoms with van der Waals surface area (Å²) in [5, 5.41) is 21.2. The highest BCUT2D eigenvalue weighted by atomic mass is 16.4. The highest BCUT2D eigenvalue weighted by Gasteiger charge is 2.36. The van der Waals surface area contributed by atoms with Crippen molar-refractivity contribution in [2.45, 2.75) is 18.6 Å². The van der Waals surface area contributed by atoms with Crippen molar-refractivity contribution in [2.75, 3.05) is 18.5 Å². The van der Waals surface area contributed by atoms with E-state index in [4.69, 9.17) is 5.11 Å². The third kappa shape index (κ3) is 2.65. The number of anilines is 1. The number of aliphatic hydroxyl groups is 1. The summed E-state index contributed by atoms with van der Waals surface area (Å²) >= 11 is 0. The lowest BCUT2D eigenvalue weighted by molar-refractivity contribution is -0.138. The van der Waals surface area contributed by atoms with E-state index in [0.29, 0.717) is 5.69 Å². The van der Waals surface area contributed by atoms with E-state index in [-0.39, 0.29) is 24.6 Å². The van der Waals surface area contributed by atoms with Crippen LogP contribution in [-0.4, -0.2) is 52.8 Å². The van der Waals surface area contributed by atoms with Gasteiger partial charge in [0.1, 0.15) is 11.7 Å². The number of hydrogen-bond donors (Lipinski definition) is 3. The highest BCUT2D eigenvalue weighted by Crippen LogP contribution is 2.26. The lowest BCUT2D eigenvalue weighted by atomic mass is 10.2. The average Bonchev–Trinajstić information content (AvgIpc) is 2.80. The summed E-state index contributed by atoms with van der Waals surface area (Å²) in [6.07, 6.45) is 0.939. The number of amides is 1. The van der Waals surface area contributed by atoms with E-state index in [1.807, 2.05) is 0 Å². The molecular weight excluding hydrogens is 250 g/mol. The van der Waals surface area contributed by atoms with Gasteiger partial charge in [0.05, 0.1) is 6.10 Å². The summed E-state index contributed by atoms with van der Waals surface area (Å²) in [7, 11) is 1.50. The molecule has 1 aromatic heterocycles. The summed E-state index contributed by atoms with van der Waals surface area (Å²) in [4.78, 5) is 28.2. The van der Waals surface area contributed by atoms with Gasteiger partial charge in [-0.1, -0.05) is 0 Å². The van der Waals surface area contributed by atoms with Gasteiger partial charge in [-0.05, 0) is 12.1 Å². The van der Waals surface area contributed by atoms with Crippen molar-refractivity contribution in [2.24, 2.45) is 0 Å². The molecule has 102 valence electrons. The first-order chi connectivity index (χ1) is 9.02. The number of nitrogens with one attached hydrogen (secondary N) is 1. The van der Waals surface area contributed by atoms with E-state index < -0.39 is 18.1 Å². The molecule has 1 saturated heterocycles. The van der Waals surface area contributed by atoms with Crippen LogP contribution >= 0.6 is 0 Å². The van der Waals surface area contributed by atoms with Crippen LogP contribution in [0.4, 0.5) is 5.69 Å². The molecule has 1 aromatic rings. The monoisotopic (exact) mass is 265 g/mol. The third-order valence-corrected chi connectivity index (χ3v) is 3.10. The second-order valence-corrected chi connectivity index (χ2v) is 4.37. The molecule has 19 heavy (non-hydrogen) atoms. The van der Waals surface area contributed by atoms with Gasteiger partial charge in [-0.15, -0.1) is 0 Å². The van der Waals surface area contributed by atoms with Crippen LogP contribution < -0.4 is 10.2 Å². The van der Waals surface area contributed by atoms with Gasteiger partial charge in [-0.25, -0.2) is 4.79 Å². The molecule has 0 spiro atoms. The Labute approximate surface area is 109 Å². The summed E-state index contributed by atoms with van der Waals surface area (Å²) in [5.74, 6) is -1.33. The average molecular weight is 265 g/mol. The fraction of sp³-hybridized carbons (Fsp3) is 0.417. The molecule has 2 atom stereocenters. The van der Waals surface area contributed by atoms with E-state index in [2.05, 4.69) is 10.3 Å². The third-order valence-electron chi connectivity index (χ3n) is 3.10. The zero-order valence-electron chi connectivity index (χ0n) is 10.4. The van der Waals surface area contributed by atoms with Gasteiger partial charge in [-0.3, -0.25) is 9.78 Å². The van der Waals surface area contributed by atoms with E-state index in [9.17, 15) is 14.7 Å². The molecule has 1 aliphatic heterocycles. The van der Waals surface area contributed by atoms with E-state index >= 15 is 0 Å². The van der Waals surface area contributed by atoms with Crippen molar-refractivity contribution in [1.82, 2.24) is 10.3 Å². The summed E-state index contributed by atoms with van der Waals surface area (Å²) in [6.45, 7) is 0.230. The first kappa shape index (κ1) is 13.3. The number of rotatable bonds is 3. The Morgan fingerprint density at radius 2 is 2.26 bits per heavy atom. The van der Waals surface area contributed by atoms with Crippen LogP contribution in [-0.2, 0) is 4.79 Å². The van der Waals surface area contributed by atoms with Gasteiger partial charge in [0.2, 0.25) is 0 Å². The van der Waals surface area contributed by atoms with Crippen molar-refractivity contribution in [3.8, 4) is 0 Å². The first-order valence-corrected chi connectivity index (χ1v) is 5.88. The van der Waals surface area contributed by atoms with Crippen LogP contribution in [0.2, 0.25) is 0 Å². The molecule has 0 aromatic carbocycles. The van der Waals surface area contributed by atoms with E-state index in [0.717, 1.165) is 0 Å². The Bertz CT molecular complexity index is 506. The Hall–Kier alpha value is -2.15. The standard InChI is InChI=1S/C12H15N3O4/c1-13-11(17)9-4-7(2-3-14-9)15-6-8(16)5-10(15)12(18)19/h2-4,8,10,16H,5-6H2,1H3,(H,13,17)(H,18,19). The molecule has 3 N–H and O–H groups in total. The van der Waals surface area contributed by atoms with Crippen molar-refractivity contribution in [3.05, 3.63) is 24.0 Å². The van der Waals surface area contributed by atoms with Crippen LogP contribution in [0.5, 0.6) is 0 Å². The number of pyridine rings is 1. The molecule has 0 saturated carbocycles. The van der Waals surface area contributed by atoms with Gasteiger partial charge in [0.15, 0.2) is 0 Å². The number of carboxylic acid groups (broad SMARTS) is 1. The number of aliphatic hydroxyl groups excluding tert-OH is 1. The minimum Gasteiger partial charge on any atom is -0.480 e. The number of carboxylic acids is 1. The number of β-amino-alcohol motifs (C(OH)–C–C–N with tert-alkyl or cyclic N) is 1. The van der Waals surface area contributed by atoms with E-state index in [1.54, 1.807) is 11.0 Å². The number of carbonyl (C=O) groups is 2. The van der Waals surface area contributed by atoms with Crippen molar-refractivity contribution in [3.63, 3.8) is 0 Å². The molecule has 0 bridgehead atoms.